The standard InChI is InChI=1S/C24H32N2O6/c1-2-31-13-5-11-26(24(30)15-8-9-15)18-14-17(23(29)25-10-12-27)20-16-6-3-4-7-19(16)32-22(20)21(18)28/h3-4,6-7,14-15,18,20-22,27-28H,2,5,8-13H2,1H3,(H,25,29). The Labute approximate surface area is 188 Å². The zero-order valence-electron chi connectivity index (χ0n) is 18.4. The van der Waals surface area contributed by atoms with E-state index < -0.39 is 24.2 Å². The topological polar surface area (TPSA) is 108 Å². The van der Waals surface area contributed by atoms with Crippen molar-refractivity contribution in [3.8, 4) is 5.75 Å². The second kappa shape index (κ2) is 10.0. The highest BCUT2D eigenvalue weighted by Gasteiger charge is 2.51. The number of carbonyl (C=O) groups excluding carboxylic acids is 2. The maximum atomic E-state index is 13.1. The van der Waals surface area contributed by atoms with Gasteiger partial charge in [0.15, 0.2) is 0 Å². The molecule has 2 amide bonds. The van der Waals surface area contributed by atoms with Gasteiger partial charge in [-0.25, -0.2) is 0 Å². The number of aliphatic hydroxyl groups excluding tert-OH is 2. The summed E-state index contributed by atoms with van der Waals surface area (Å²) in [5, 5.41) is 23.2. The average Bonchev–Trinajstić information content (AvgIpc) is 3.58. The molecule has 0 saturated heterocycles. The summed E-state index contributed by atoms with van der Waals surface area (Å²) in [4.78, 5) is 27.9. The summed E-state index contributed by atoms with van der Waals surface area (Å²) in [6.45, 7) is 3.44. The lowest BCUT2D eigenvalue weighted by atomic mass is 9.77. The quantitative estimate of drug-likeness (QED) is 0.464. The van der Waals surface area contributed by atoms with Gasteiger partial charge in [-0.15, -0.1) is 0 Å². The van der Waals surface area contributed by atoms with Crippen molar-refractivity contribution in [2.45, 2.75) is 50.4 Å². The molecule has 1 aromatic carbocycles. The Balaban J connectivity index is 1.66. The molecule has 2 aliphatic carbocycles. The number of hydrogen-bond acceptors (Lipinski definition) is 6. The van der Waals surface area contributed by atoms with Crippen LogP contribution in [0.15, 0.2) is 35.9 Å². The summed E-state index contributed by atoms with van der Waals surface area (Å²) in [7, 11) is 0. The van der Waals surface area contributed by atoms with Gasteiger partial charge in [-0.1, -0.05) is 18.2 Å². The molecule has 0 bridgehead atoms. The number of aliphatic hydroxyl groups is 2. The van der Waals surface area contributed by atoms with Crippen molar-refractivity contribution in [1.29, 1.82) is 0 Å². The van der Waals surface area contributed by atoms with Gasteiger partial charge in [-0.2, -0.15) is 0 Å². The van der Waals surface area contributed by atoms with Crippen LogP contribution in [0.5, 0.6) is 5.75 Å². The molecule has 1 fully saturated rings. The van der Waals surface area contributed by atoms with E-state index in [0.29, 0.717) is 37.5 Å². The fourth-order valence-electron chi connectivity index (χ4n) is 4.64. The van der Waals surface area contributed by atoms with Crippen molar-refractivity contribution >= 4 is 11.8 Å². The first-order valence-electron chi connectivity index (χ1n) is 11.5. The van der Waals surface area contributed by atoms with Crippen LogP contribution in [0.1, 0.15) is 37.7 Å². The molecule has 32 heavy (non-hydrogen) atoms. The van der Waals surface area contributed by atoms with E-state index in [1.54, 1.807) is 11.0 Å². The number of carbonyl (C=O) groups is 2. The minimum atomic E-state index is -0.975. The highest BCUT2D eigenvalue weighted by molar-refractivity contribution is 5.96. The number of para-hydroxylation sites is 1. The average molecular weight is 445 g/mol. The molecule has 0 radical (unpaired) electrons. The molecule has 1 aromatic rings. The predicted octanol–water partition coefficient (Wildman–Crippen LogP) is 0.974. The third-order valence-electron chi connectivity index (χ3n) is 6.34. The van der Waals surface area contributed by atoms with E-state index in [1.807, 2.05) is 31.2 Å². The number of nitrogens with zero attached hydrogens (tertiary/aromatic N) is 1. The summed E-state index contributed by atoms with van der Waals surface area (Å²) < 4.78 is 11.5. The van der Waals surface area contributed by atoms with Gasteiger partial charge in [0.1, 0.15) is 18.0 Å². The largest absolute Gasteiger partial charge is 0.486 e. The molecular weight excluding hydrogens is 412 g/mol. The minimum Gasteiger partial charge on any atom is -0.486 e. The molecule has 4 unspecified atom stereocenters. The summed E-state index contributed by atoms with van der Waals surface area (Å²) in [5.74, 6) is -0.129. The summed E-state index contributed by atoms with van der Waals surface area (Å²) in [6, 6.07) is 6.79. The SMILES string of the molecule is CCOCCCN(C(=O)C1CC1)C1C=C(C(=O)NCCO)C2c3ccccc3OC2C1O. The zero-order valence-corrected chi connectivity index (χ0v) is 18.4. The van der Waals surface area contributed by atoms with E-state index in [-0.39, 0.29) is 30.9 Å². The van der Waals surface area contributed by atoms with E-state index in [0.717, 1.165) is 18.4 Å². The molecule has 3 N–H and O–H groups in total. The second-order valence-corrected chi connectivity index (χ2v) is 8.54. The molecule has 3 aliphatic rings. The van der Waals surface area contributed by atoms with Crippen molar-refractivity contribution < 1.29 is 29.3 Å². The van der Waals surface area contributed by atoms with E-state index in [9.17, 15) is 14.7 Å². The first-order valence-corrected chi connectivity index (χ1v) is 11.5. The molecule has 8 nitrogen and oxygen atoms in total. The van der Waals surface area contributed by atoms with Crippen LogP contribution in [-0.2, 0) is 14.3 Å². The summed E-state index contributed by atoms with van der Waals surface area (Å²) in [5.41, 5.74) is 1.30. The molecule has 4 rings (SSSR count). The number of nitrogens with one attached hydrogen (secondary N) is 1. The van der Waals surface area contributed by atoms with Crippen molar-refractivity contribution in [1.82, 2.24) is 10.2 Å². The Morgan fingerprint density at radius 2 is 2.06 bits per heavy atom. The van der Waals surface area contributed by atoms with Crippen LogP contribution in [0.4, 0.5) is 0 Å². The van der Waals surface area contributed by atoms with Crippen molar-refractivity contribution in [3.05, 3.63) is 41.5 Å². The number of benzene rings is 1. The first kappa shape index (κ1) is 22.8. The van der Waals surface area contributed by atoms with E-state index in [4.69, 9.17) is 14.6 Å². The highest BCUT2D eigenvalue weighted by Crippen LogP contribution is 2.47. The smallest absolute Gasteiger partial charge is 0.247 e. The monoisotopic (exact) mass is 444 g/mol. The van der Waals surface area contributed by atoms with Gasteiger partial charge in [-0.3, -0.25) is 9.59 Å². The van der Waals surface area contributed by atoms with Gasteiger partial charge in [0.05, 0.1) is 18.6 Å². The lowest BCUT2D eigenvalue weighted by molar-refractivity contribution is -0.138. The van der Waals surface area contributed by atoms with Crippen LogP contribution < -0.4 is 10.1 Å². The molecule has 8 heteroatoms. The van der Waals surface area contributed by atoms with Crippen LogP contribution in [0.25, 0.3) is 0 Å². The maximum Gasteiger partial charge on any atom is 0.247 e. The molecule has 1 heterocycles. The molecule has 1 aliphatic heterocycles. The van der Waals surface area contributed by atoms with Crippen LogP contribution in [-0.4, -0.2) is 78.1 Å². The van der Waals surface area contributed by atoms with Gasteiger partial charge >= 0.3 is 0 Å². The van der Waals surface area contributed by atoms with E-state index in [1.165, 1.54) is 0 Å². The van der Waals surface area contributed by atoms with Crippen LogP contribution in [0.3, 0.4) is 0 Å². The Hall–Kier alpha value is -2.42. The fraction of sp³-hybridized carbons (Fsp3) is 0.583. The van der Waals surface area contributed by atoms with Gasteiger partial charge in [0.25, 0.3) is 0 Å². The molecular formula is C24H32N2O6. The zero-order chi connectivity index (χ0) is 22.7. The second-order valence-electron chi connectivity index (χ2n) is 8.54. The third kappa shape index (κ3) is 4.53. The molecule has 174 valence electrons. The van der Waals surface area contributed by atoms with Crippen molar-refractivity contribution in [2.75, 3.05) is 32.9 Å². The first-order chi connectivity index (χ1) is 15.6. The van der Waals surface area contributed by atoms with Gasteiger partial charge in [0, 0.05) is 43.4 Å². The minimum absolute atomic E-state index is 0.00544. The van der Waals surface area contributed by atoms with Crippen molar-refractivity contribution in [3.63, 3.8) is 0 Å². The molecule has 1 saturated carbocycles. The Bertz CT molecular complexity index is 868. The lowest BCUT2D eigenvalue weighted by Gasteiger charge is -2.41. The van der Waals surface area contributed by atoms with Crippen LogP contribution in [0, 0.1) is 5.92 Å². The number of rotatable bonds is 10. The number of hydrogen-bond donors (Lipinski definition) is 3. The predicted molar refractivity (Wildman–Crippen MR) is 117 cm³/mol. The van der Waals surface area contributed by atoms with Crippen molar-refractivity contribution in [2.24, 2.45) is 5.92 Å². The Morgan fingerprint density at radius 1 is 1.28 bits per heavy atom. The normalized spacial score (nSPS) is 25.9. The molecule has 0 spiro atoms. The Kier molecular flexibility index (Phi) is 7.13. The van der Waals surface area contributed by atoms with Gasteiger partial charge in [0.2, 0.25) is 11.8 Å². The fourth-order valence-corrected chi connectivity index (χ4v) is 4.64. The van der Waals surface area contributed by atoms with Crippen LogP contribution in [0.2, 0.25) is 0 Å². The lowest BCUT2D eigenvalue weighted by Crippen LogP contribution is -2.56. The van der Waals surface area contributed by atoms with Gasteiger partial charge in [-0.05, 0) is 38.3 Å². The number of amides is 2. The summed E-state index contributed by atoms with van der Waals surface area (Å²) >= 11 is 0. The van der Waals surface area contributed by atoms with Gasteiger partial charge < -0.3 is 29.9 Å². The molecule has 0 aromatic heterocycles. The summed E-state index contributed by atoms with van der Waals surface area (Å²) in [6.07, 6.45) is 2.43. The molecule has 4 atom stereocenters. The van der Waals surface area contributed by atoms with E-state index >= 15 is 0 Å². The third-order valence-corrected chi connectivity index (χ3v) is 6.34. The Morgan fingerprint density at radius 3 is 2.78 bits per heavy atom. The highest BCUT2D eigenvalue weighted by atomic mass is 16.5. The number of fused-ring (bicyclic) bond motifs is 3. The van der Waals surface area contributed by atoms with Crippen LogP contribution >= 0.6 is 0 Å². The maximum absolute atomic E-state index is 13.1. The van der Waals surface area contributed by atoms with E-state index in [2.05, 4.69) is 5.32 Å². The number of ether oxygens (including phenoxy) is 2.